The van der Waals surface area contributed by atoms with Gasteiger partial charge in [0.25, 0.3) is 0 Å². The molecule has 21 heavy (non-hydrogen) atoms. The van der Waals surface area contributed by atoms with Crippen molar-refractivity contribution in [2.45, 2.75) is 31.4 Å². The Morgan fingerprint density at radius 3 is 2.86 bits per heavy atom. The van der Waals surface area contributed by atoms with Gasteiger partial charge in [0, 0.05) is 32.2 Å². The molecule has 1 aromatic carbocycles. The van der Waals surface area contributed by atoms with Crippen LogP contribution in [0.1, 0.15) is 18.4 Å². The molecule has 1 fully saturated rings. The van der Waals surface area contributed by atoms with E-state index in [4.69, 9.17) is 10.5 Å². The molecule has 0 bridgehead atoms. The number of nitrogen functional groups attached to an aromatic ring is 1. The highest BCUT2D eigenvalue weighted by Gasteiger charge is 2.39. The second-order valence-corrected chi connectivity index (χ2v) is 5.24. The molecule has 0 spiro atoms. The average Bonchev–Trinajstić information content (AvgIpc) is 2.89. The number of ether oxygens (including phenoxy) is 1. The van der Waals surface area contributed by atoms with Gasteiger partial charge in [0.2, 0.25) is 5.91 Å². The highest BCUT2D eigenvalue weighted by molar-refractivity contribution is 5.84. The molecule has 1 heterocycles. The first kappa shape index (κ1) is 15.3. The highest BCUT2D eigenvalue weighted by Crippen LogP contribution is 2.22. The van der Waals surface area contributed by atoms with Crippen molar-refractivity contribution >= 4 is 17.6 Å². The van der Waals surface area contributed by atoms with Crippen LogP contribution in [0.5, 0.6) is 0 Å². The van der Waals surface area contributed by atoms with E-state index in [0.717, 1.165) is 5.56 Å². The number of carboxylic acids is 1. The topological polar surface area (TPSA) is 92.9 Å². The number of carbonyl (C=O) groups excluding carboxylic acids is 1. The first-order valence-corrected chi connectivity index (χ1v) is 6.90. The molecule has 1 amide bonds. The number of anilines is 1. The van der Waals surface area contributed by atoms with Gasteiger partial charge in [-0.1, -0.05) is 12.1 Å². The van der Waals surface area contributed by atoms with Crippen molar-refractivity contribution < 1.29 is 19.4 Å². The maximum absolute atomic E-state index is 12.3. The number of rotatable bonds is 5. The molecule has 1 aliphatic rings. The number of amides is 1. The zero-order valence-corrected chi connectivity index (χ0v) is 12.0. The Bertz CT molecular complexity index is 532. The molecule has 3 N–H and O–H groups in total. The number of hydrogen-bond acceptors (Lipinski definition) is 4. The Morgan fingerprint density at radius 2 is 2.24 bits per heavy atom. The Labute approximate surface area is 123 Å². The standard InChI is InChI=1S/C15H20N2O4/c1-21-12-8-13(15(19)20)17(9-12)14(18)6-5-10-3-2-4-11(16)7-10/h2-4,7,12-13H,5-6,8-9,16H2,1H3,(H,19,20). The second-order valence-electron chi connectivity index (χ2n) is 5.24. The lowest BCUT2D eigenvalue weighted by Gasteiger charge is -2.21. The summed E-state index contributed by atoms with van der Waals surface area (Å²) >= 11 is 0. The van der Waals surface area contributed by atoms with Crippen LogP contribution >= 0.6 is 0 Å². The van der Waals surface area contributed by atoms with E-state index in [0.29, 0.717) is 25.1 Å². The predicted octanol–water partition coefficient (Wildman–Crippen LogP) is 0.902. The smallest absolute Gasteiger partial charge is 0.326 e. The number of carbonyl (C=O) groups is 2. The Hall–Kier alpha value is -2.08. The van der Waals surface area contributed by atoms with Crippen molar-refractivity contribution in [1.29, 1.82) is 0 Å². The van der Waals surface area contributed by atoms with Gasteiger partial charge in [0.15, 0.2) is 0 Å². The van der Waals surface area contributed by atoms with Gasteiger partial charge in [-0.25, -0.2) is 4.79 Å². The summed E-state index contributed by atoms with van der Waals surface area (Å²) in [5, 5.41) is 9.20. The van der Waals surface area contributed by atoms with Crippen LogP contribution < -0.4 is 5.73 Å². The summed E-state index contributed by atoms with van der Waals surface area (Å²) in [5.74, 6) is -1.14. The lowest BCUT2D eigenvalue weighted by atomic mass is 10.1. The van der Waals surface area contributed by atoms with Crippen molar-refractivity contribution in [2.75, 3.05) is 19.4 Å². The van der Waals surface area contributed by atoms with Crippen LogP contribution in [0.4, 0.5) is 5.69 Å². The molecule has 6 heteroatoms. The van der Waals surface area contributed by atoms with E-state index in [1.165, 1.54) is 12.0 Å². The van der Waals surface area contributed by atoms with Crippen molar-refractivity contribution in [3.8, 4) is 0 Å². The Kier molecular flexibility index (Phi) is 4.80. The zero-order valence-electron chi connectivity index (χ0n) is 12.0. The fraction of sp³-hybridized carbons (Fsp3) is 0.467. The molecule has 1 aliphatic heterocycles. The minimum Gasteiger partial charge on any atom is -0.480 e. The van der Waals surface area contributed by atoms with Gasteiger partial charge in [-0.05, 0) is 24.1 Å². The molecule has 0 saturated carbocycles. The molecule has 0 aliphatic carbocycles. The number of likely N-dealkylation sites (tertiary alicyclic amines) is 1. The van der Waals surface area contributed by atoms with Gasteiger partial charge in [-0.3, -0.25) is 4.79 Å². The number of benzene rings is 1. The van der Waals surface area contributed by atoms with E-state index in [2.05, 4.69) is 0 Å². The average molecular weight is 292 g/mol. The molecule has 2 unspecified atom stereocenters. The van der Waals surface area contributed by atoms with Crippen molar-refractivity contribution in [1.82, 2.24) is 4.90 Å². The number of aliphatic carboxylic acids is 1. The summed E-state index contributed by atoms with van der Waals surface area (Å²) in [6, 6.07) is 6.56. The Morgan fingerprint density at radius 1 is 1.48 bits per heavy atom. The maximum Gasteiger partial charge on any atom is 0.326 e. The largest absolute Gasteiger partial charge is 0.480 e. The van der Waals surface area contributed by atoms with E-state index in [9.17, 15) is 14.7 Å². The Balaban J connectivity index is 1.97. The van der Waals surface area contributed by atoms with E-state index < -0.39 is 12.0 Å². The number of nitrogens with two attached hydrogens (primary N) is 1. The van der Waals surface area contributed by atoms with E-state index >= 15 is 0 Å². The van der Waals surface area contributed by atoms with Crippen molar-refractivity contribution in [2.24, 2.45) is 0 Å². The van der Waals surface area contributed by atoms with Crippen LogP contribution in [0.3, 0.4) is 0 Å². The van der Waals surface area contributed by atoms with E-state index in [-0.39, 0.29) is 18.4 Å². The van der Waals surface area contributed by atoms with Crippen LogP contribution in [0.2, 0.25) is 0 Å². The van der Waals surface area contributed by atoms with Crippen LogP contribution in [-0.4, -0.2) is 47.7 Å². The number of carboxylic acid groups (broad SMARTS) is 1. The third kappa shape index (κ3) is 3.72. The molecule has 1 saturated heterocycles. The minimum absolute atomic E-state index is 0.163. The third-order valence-electron chi connectivity index (χ3n) is 3.78. The maximum atomic E-state index is 12.3. The first-order valence-electron chi connectivity index (χ1n) is 6.90. The number of hydrogen-bond donors (Lipinski definition) is 2. The normalized spacial score (nSPS) is 21.5. The van der Waals surface area contributed by atoms with Gasteiger partial charge in [0.05, 0.1) is 6.10 Å². The molecule has 114 valence electrons. The number of nitrogens with zero attached hydrogens (tertiary/aromatic N) is 1. The molecule has 1 aromatic rings. The molecule has 6 nitrogen and oxygen atoms in total. The van der Waals surface area contributed by atoms with Crippen LogP contribution in [-0.2, 0) is 20.7 Å². The summed E-state index contributed by atoms with van der Waals surface area (Å²) in [7, 11) is 1.53. The quantitative estimate of drug-likeness (QED) is 0.787. The number of aryl methyl sites for hydroxylation is 1. The fourth-order valence-corrected chi connectivity index (χ4v) is 2.62. The van der Waals surface area contributed by atoms with E-state index in [1.54, 1.807) is 6.07 Å². The molecular weight excluding hydrogens is 272 g/mol. The third-order valence-corrected chi connectivity index (χ3v) is 3.78. The van der Waals surface area contributed by atoms with Crippen molar-refractivity contribution in [3.63, 3.8) is 0 Å². The van der Waals surface area contributed by atoms with Crippen LogP contribution in [0.15, 0.2) is 24.3 Å². The summed E-state index contributed by atoms with van der Waals surface area (Å²) in [6.07, 6.45) is 0.951. The van der Waals surface area contributed by atoms with Crippen LogP contribution in [0.25, 0.3) is 0 Å². The van der Waals surface area contributed by atoms with E-state index in [1.807, 2.05) is 18.2 Å². The van der Waals surface area contributed by atoms with Gasteiger partial charge in [-0.15, -0.1) is 0 Å². The summed E-state index contributed by atoms with van der Waals surface area (Å²) in [4.78, 5) is 24.9. The summed E-state index contributed by atoms with van der Waals surface area (Å²) in [5.41, 5.74) is 7.32. The van der Waals surface area contributed by atoms with Crippen LogP contribution in [0, 0.1) is 0 Å². The first-order chi connectivity index (χ1) is 10.0. The zero-order chi connectivity index (χ0) is 15.4. The predicted molar refractivity (Wildman–Crippen MR) is 77.7 cm³/mol. The lowest BCUT2D eigenvalue weighted by Crippen LogP contribution is -2.40. The summed E-state index contributed by atoms with van der Waals surface area (Å²) < 4.78 is 5.18. The lowest BCUT2D eigenvalue weighted by molar-refractivity contribution is -0.148. The fourth-order valence-electron chi connectivity index (χ4n) is 2.62. The molecule has 0 aromatic heterocycles. The van der Waals surface area contributed by atoms with Gasteiger partial charge < -0.3 is 20.5 Å². The van der Waals surface area contributed by atoms with Gasteiger partial charge in [0.1, 0.15) is 6.04 Å². The number of methoxy groups -OCH3 is 1. The summed E-state index contributed by atoms with van der Waals surface area (Å²) in [6.45, 7) is 0.337. The molecule has 2 rings (SSSR count). The minimum atomic E-state index is -0.980. The monoisotopic (exact) mass is 292 g/mol. The van der Waals surface area contributed by atoms with Gasteiger partial charge >= 0.3 is 5.97 Å². The van der Waals surface area contributed by atoms with Crippen molar-refractivity contribution in [3.05, 3.63) is 29.8 Å². The molecule has 0 radical (unpaired) electrons. The molecule has 2 atom stereocenters. The van der Waals surface area contributed by atoms with Gasteiger partial charge in [-0.2, -0.15) is 0 Å². The highest BCUT2D eigenvalue weighted by atomic mass is 16.5. The second kappa shape index (κ2) is 6.58. The molecular formula is C15H20N2O4. The SMILES string of the molecule is COC1CC(C(=O)O)N(C(=O)CCc2cccc(N)c2)C1.